The molecule has 20 heavy (non-hydrogen) atoms. The molecular weight excluding hydrogens is 264 g/mol. The van der Waals surface area contributed by atoms with E-state index in [0.29, 0.717) is 13.1 Å². The summed E-state index contributed by atoms with van der Waals surface area (Å²) in [4.78, 5) is 0. The lowest BCUT2D eigenvalue weighted by molar-refractivity contribution is -0.0379. The van der Waals surface area contributed by atoms with E-state index >= 15 is 0 Å². The molecule has 0 saturated heterocycles. The van der Waals surface area contributed by atoms with E-state index in [0.717, 1.165) is 16.7 Å². The number of hydrogen-bond donors (Lipinski definition) is 7. The van der Waals surface area contributed by atoms with Gasteiger partial charge < -0.3 is 36.2 Å². The third-order valence-corrected chi connectivity index (χ3v) is 2.89. The van der Waals surface area contributed by atoms with Crippen LogP contribution in [0, 0.1) is 6.92 Å². The molecule has 0 aliphatic heterocycles. The third-order valence-electron chi connectivity index (χ3n) is 2.89. The topological polar surface area (TPSA) is 125 Å². The van der Waals surface area contributed by atoms with Gasteiger partial charge in [-0.15, -0.1) is 0 Å². The van der Waals surface area contributed by atoms with Crippen LogP contribution in [0.5, 0.6) is 5.75 Å². The van der Waals surface area contributed by atoms with Gasteiger partial charge >= 0.3 is 0 Å². The SMILES string of the molecule is Cc1c(CNCC(O)O)cc(O)cc1CNCC(O)O. The quantitative estimate of drug-likeness (QED) is 0.290. The number of phenolic OH excluding ortho intramolecular Hbond substituents is 1. The van der Waals surface area contributed by atoms with Gasteiger partial charge in [0.1, 0.15) is 5.75 Å². The minimum atomic E-state index is -1.42. The molecule has 0 aliphatic rings. The summed E-state index contributed by atoms with van der Waals surface area (Å²) >= 11 is 0. The van der Waals surface area contributed by atoms with Gasteiger partial charge in [0.05, 0.1) is 0 Å². The van der Waals surface area contributed by atoms with Crippen molar-refractivity contribution in [2.24, 2.45) is 0 Å². The van der Waals surface area contributed by atoms with Crippen LogP contribution in [0.3, 0.4) is 0 Å². The number of benzene rings is 1. The van der Waals surface area contributed by atoms with Gasteiger partial charge in [-0.1, -0.05) is 0 Å². The second-order valence-electron chi connectivity index (χ2n) is 4.61. The first-order chi connectivity index (χ1) is 9.40. The molecule has 0 amide bonds. The molecule has 0 radical (unpaired) electrons. The molecule has 0 aromatic heterocycles. The molecule has 0 saturated carbocycles. The Balaban J connectivity index is 2.68. The lowest BCUT2D eigenvalue weighted by Gasteiger charge is -2.14. The normalized spacial score (nSPS) is 11.6. The zero-order valence-corrected chi connectivity index (χ0v) is 11.4. The second-order valence-corrected chi connectivity index (χ2v) is 4.61. The van der Waals surface area contributed by atoms with Crippen LogP contribution in [0.4, 0.5) is 0 Å². The van der Waals surface area contributed by atoms with Crippen LogP contribution in [-0.2, 0) is 13.1 Å². The highest BCUT2D eigenvalue weighted by Gasteiger charge is 2.08. The minimum Gasteiger partial charge on any atom is -0.508 e. The van der Waals surface area contributed by atoms with Crippen molar-refractivity contribution in [2.75, 3.05) is 13.1 Å². The van der Waals surface area contributed by atoms with Crippen molar-refractivity contribution in [1.82, 2.24) is 10.6 Å². The molecule has 1 aromatic rings. The Morgan fingerprint density at radius 1 is 0.900 bits per heavy atom. The molecule has 0 atom stereocenters. The summed E-state index contributed by atoms with van der Waals surface area (Å²) in [5.74, 6) is 0.110. The van der Waals surface area contributed by atoms with E-state index in [-0.39, 0.29) is 18.8 Å². The summed E-state index contributed by atoms with van der Waals surface area (Å²) in [7, 11) is 0. The molecule has 7 heteroatoms. The van der Waals surface area contributed by atoms with Gasteiger partial charge in [0.2, 0.25) is 0 Å². The van der Waals surface area contributed by atoms with E-state index in [1.807, 2.05) is 6.92 Å². The Kier molecular flexibility index (Phi) is 6.86. The van der Waals surface area contributed by atoms with Crippen LogP contribution in [-0.4, -0.2) is 51.2 Å². The van der Waals surface area contributed by atoms with Crippen LogP contribution >= 0.6 is 0 Å². The Hall–Kier alpha value is -1.22. The number of aliphatic hydroxyl groups is 4. The fourth-order valence-corrected chi connectivity index (χ4v) is 1.86. The average molecular weight is 286 g/mol. The van der Waals surface area contributed by atoms with Crippen LogP contribution in [0.1, 0.15) is 16.7 Å². The first-order valence-corrected chi connectivity index (χ1v) is 6.35. The van der Waals surface area contributed by atoms with Crippen molar-refractivity contribution >= 4 is 0 Å². The van der Waals surface area contributed by atoms with E-state index in [9.17, 15) is 5.11 Å². The lowest BCUT2D eigenvalue weighted by Crippen LogP contribution is -2.27. The van der Waals surface area contributed by atoms with Crippen molar-refractivity contribution in [1.29, 1.82) is 0 Å². The highest BCUT2D eigenvalue weighted by Crippen LogP contribution is 2.21. The van der Waals surface area contributed by atoms with Gasteiger partial charge in [0.25, 0.3) is 0 Å². The van der Waals surface area contributed by atoms with Crippen molar-refractivity contribution in [2.45, 2.75) is 32.6 Å². The standard InChI is InChI=1S/C13H22N2O5/c1-8-9(4-14-6-12(17)18)2-11(16)3-10(8)5-15-7-13(19)20/h2-3,12-20H,4-7H2,1H3. The predicted molar refractivity (Wildman–Crippen MR) is 72.7 cm³/mol. The summed E-state index contributed by atoms with van der Waals surface area (Å²) in [5.41, 5.74) is 2.63. The number of aliphatic hydroxyl groups excluding tert-OH is 2. The molecular formula is C13H22N2O5. The first kappa shape index (κ1) is 16.8. The van der Waals surface area contributed by atoms with E-state index in [1.165, 1.54) is 0 Å². The Morgan fingerprint density at radius 2 is 1.30 bits per heavy atom. The molecule has 0 heterocycles. The van der Waals surface area contributed by atoms with Gasteiger partial charge in [-0.05, 0) is 35.7 Å². The average Bonchev–Trinajstić information content (AvgIpc) is 2.33. The Morgan fingerprint density at radius 3 is 1.65 bits per heavy atom. The number of nitrogens with one attached hydrogen (secondary N) is 2. The van der Waals surface area contributed by atoms with Gasteiger partial charge in [0, 0.05) is 26.2 Å². The molecule has 0 unspecified atom stereocenters. The monoisotopic (exact) mass is 286 g/mol. The van der Waals surface area contributed by atoms with Crippen LogP contribution in [0.2, 0.25) is 0 Å². The van der Waals surface area contributed by atoms with Crippen molar-refractivity contribution in [3.8, 4) is 5.75 Å². The first-order valence-electron chi connectivity index (χ1n) is 6.35. The number of hydrogen-bond acceptors (Lipinski definition) is 7. The Bertz CT molecular complexity index is 388. The van der Waals surface area contributed by atoms with Gasteiger partial charge in [-0.2, -0.15) is 0 Å². The van der Waals surface area contributed by atoms with E-state index in [2.05, 4.69) is 10.6 Å². The molecule has 0 aliphatic carbocycles. The number of aromatic hydroxyl groups is 1. The number of phenols is 1. The Labute approximate surface area is 117 Å². The second kappa shape index (κ2) is 8.15. The molecule has 7 nitrogen and oxygen atoms in total. The fourth-order valence-electron chi connectivity index (χ4n) is 1.86. The summed E-state index contributed by atoms with van der Waals surface area (Å²) in [6, 6.07) is 3.22. The molecule has 7 N–H and O–H groups in total. The van der Waals surface area contributed by atoms with E-state index < -0.39 is 12.6 Å². The highest BCUT2D eigenvalue weighted by atomic mass is 16.5. The minimum absolute atomic E-state index is 0.0411. The maximum atomic E-state index is 9.68. The smallest absolute Gasteiger partial charge is 0.164 e. The molecule has 0 bridgehead atoms. The van der Waals surface area contributed by atoms with Gasteiger partial charge in [-0.3, -0.25) is 0 Å². The summed E-state index contributed by atoms with van der Waals surface area (Å²) in [5, 5.41) is 50.5. The molecule has 114 valence electrons. The molecule has 1 aromatic carbocycles. The molecule has 0 fully saturated rings. The van der Waals surface area contributed by atoms with Crippen LogP contribution in [0.15, 0.2) is 12.1 Å². The fraction of sp³-hybridized carbons (Fsp3) is 0.538. The van der Waals surface area contributed by atoms with Gasteiger partial charge in [0.15, 0.2) is 12.6 Å². The van der Waals surface area contributed by atoms with E-state index in [1.54, 1.807) is 12.1 Å². The predicted octanol–water partition coefficient (Wildman–Crippen LogP) is -1.50. The van der Waals surface area contributed by atoms with Crippen molar-refractivity contribution < 1.29 is 25.5 Å². The molecule has 1 rings (SSSR count). The number of rotatable bonds is 8. The van der Waals surface area contributed by atoms with Crippen molar-refractivity contribution in [3.05, 3.63) is 28.8 Å². The summed E-state index contributed by atoms with van der Waals surface area (Å²) in [6.07, 6.45) is -2.83. The zero-order valence-electron chi connectivity index (χ0n) is 11.4. The van der Waals surface area contributed by atoms with Crippen molar-refractivity contribution in [3.63, 3.8) is 0 Å². The summed E-state index contributed by atoms with van der Waals surface area (Å²) < 4.78 is 0. The lowest BCUT2D eigenvalue weighted by atomic mass is 10.0. The largest absolute Gasteiger partial charge is 0.508 e. The summed E-state index contributed by atoms with van der Waals surface area (Å²) in [6.45, 7) is 2.76. The highest BCUT2D eigenvalue weighted by molar-refractivity contribution is 5.41. The van der Waals surface area contributed by atoms with Gasteiger partial charge in [-0.25, -0.2) is 0 Å². The third kappa shape index (κ3) is 5.83. The maximum Gasteiger partial charge on any atom is 0.164 e. The zero-order chi connectivity index (χ0) is 15.1. The maximum absolute atomic E-state index is 9.68. The molecule has 0 spiro atoms. The van der Waals surface area contributed by atoms with E-state index in [4.69, 9.17) is 20.4 Å². The van der Waals surface area contributed by atoms with Crippen LogP contribution in [0.25, 0.3) is 0 Å². The van der Waals surface area contributed by atoms with Crippen LogP contribution < -0.4 is 10.6 Å².